The van der Waals surface area contributed by atoms with E-state index in [1.807, 2.05) is 30.3 Å². The van der Waals surface area contributed by atoms with Gasteiger partial charge in [0.15, 0.2) is 0 Å². The van der Waals surface area contributed by atoms with Crippen molar-refractivity contribution in [1.29, 1.82) is 0 Å². The maximum atomic E-state index is 12.4. The lowest BCUT2D eigenvalue weighted by atomic mass is 10.2. The summed E-state index contributed by atoms with van der Waals surface area (Å²) in [7, 11) is 0. The second-order valence-corrected chi connectivity index (χ2v) is 5.64. The molecule has 0 spiro atoms. The molecule has 1 N–H and O–H groups in total. The third-order valence-corrected chi connectivity index (χ3v) is 3.61. The smallest absolute Gasteiger partial charge is 0.412 e. The van der Waals surface area contributed by atoms with Gasteiger partial charge in [0.05, 0.1) is 11.2 Å². The van der Waals surface area contributed by atoms with Gasteiger partial charge in [-0.1, -0.05) is 41.9 Å². The third-order valence-electron chi connectivity index (χ3n) is 3.40. The summed E-state index contributed by atoms with van der Waals surface area (Å²) in [6.07, 6.45) is 2.04. The van der Waals surface area contributed by atoms with E-state index in [4.69, 9.17) is 16.3 Å². The van der Waals surface area contributed by atoms with Crippen molar-refractivity contribution in [3.05, 3.63) is 75.3 Å². The lowest BCUT2D eigenvalue weighted by Gasteiger charge is -2.09. The lowest BCUT2D eigenvalue weighted by molar-refractivity contribution is 0.155. The van der Waals surface area contributed by atoms with E-state index in [0.29, 0.717) is 10.7 Å². The number of nitrogens with zero attached hydrogens (tertiary/aromatic N) is 2. The topological polar surface area (TPSA) is 72.7 Å². The van der Waals surface area contributed by atoms with Crippen molar-refractivity contribution in [2.24, 2.45) is 0 Å². The van der Waals surface area contributed by atoms with Crippen LogP contribution in [-0.4, -0.2) is 15.5 Å². The normalized spacial score (nSPS) is 10.6. The number of carbonyl (C=O) groups is 1. The number of fused-ring (bicyclic) bond motifs is 1. The van der Waals surface area contributed by atoms with Gasteiger partial charge < -0.3 is 4.74 Å². The average Bonchev–Trinajstić information content (AvgIpc) is 2.57. The van der Waals surface area contributed by atoms with Crippen LogP contribution in [0.1, 0.15) is 11.1 Å². The Morgan fingerprint density at radius 3 is 2.83 bits per heavy atom. The number of ether oxygens (including phenoxy) is 1. The van der Waals surface area contributed by atoms with Crippen molar-refractivity contribution < 1.29 is 9.53 Å². The summed E-state index contributed by atoms with van der Waals surface area (Å²) < 4.78 is 6.39. The van der Waals surface area contributed by atoms with Gasteiger partial charge in [-0.15, -0.1) is 0 Å². The molecule has 1 aromatic carbocycles. The van der Waals surface area contributed by atoms with Crippen LogP contribution in [0.15, 0.2) is 53.6 Å². The third kappa shape index (κ3) is 3.38. The van der Waals surface area contributed by atoms with Gasteiger partial charge in [-0.05, 0) is 24.1 Å². The fourth-order valence-electron chi connectivity index (χ4n) is 2.27. The maximum absolute atomic E-state index is 12.4. The summed E-state index contributed by atoms with van der Waals surface area (Å²) in [5.74, 6) is 0. The number of pyridine rings is 1. The van der Waals surface area contributed by atoms with Crippen LogP contribution in [0, 0.1) is 6.92 Å². The molecule has 0 aliphatic rings. The monoisotopic (exact) mass is 343 g/mol. The Bertz CT molecular complexity index is 954. The molecule has 0 radical (unpaired) electrons. The molecule has 0 atom stereocenters. The Morgan fingerprint density at radius 1 is 1.33 bits per heavy atom. The maximum Gasteiger partial charge on any atom is 0.412 e. The van der Waals surface area contributed by atoms with E-state index in [1.54, 1.807) is 13.0 Å². The number of carbonyl (C=O) groups excluding carboxylic acids is 1. The fourth-order valence-corrected chi connectivity index (χ4v) is 2.53. The summed E-state index contributed by atoms with van der Waals surface area (Å²) >= 11 is 5.97. The molecule has 0 saturated carbocycles. The van der Waals surface area contributed by atoms with Gasteiger partial charge >= 0.3 is 6.09 Å². The molecule has 7 heteroatoms. The first kappa shape index (κ1) is 16.0. The van der Waals surface area contributed by atoms with Gasteiger partial charge in [0, 0.05) is 6.20 Å². The number of nitrogens with one attached hydrogen (secondary N) is 1. The zero-order chi connectivity index (χ0) is 17.1. The minimum atomic E-state index is -0.726. The van der Waals surface area contributed by atoms with E-state index in [9.17, 15) is 9.59 Å². The molecule has 2 heterocycles. The molecule has 0 bridgehead atoms. The Balaban J connectivity index is 1.79. The Labute approximate surface area is 142 Å². The summed E-state index contributed by atoms with van der Waals surface area (Å²) in [5, 5.41) is 2.82. The predicted molar refractivity (Wildman–Crippen MR) is 91.5 cm³/mol. The number of aromatic nitrogens is 2. The second kappa shape index (κ2) is 6.72. The summed E-state index contributed by atoms with van der Waals surface area (Å²) in [4.78, 5) is 28.5. The SMILES string of the molecule is Cc1cc(Cl)cn2c(=O)c(NC(=O)OCc3ccccc3)cnc12. The summed E-state index contributed by atoms with van der Waals surface area (Å²) in [5.41, 5.74) is 1.68. The zero-order valence-corrected chi connectivity index (χ0v) is 13.6. The Morgan fingerprint density at radius 2 is 2.08 bits per heavy atom. The highest BCUT2D eigenvalue weighted by molar-refractivity contribution is 6.30. The Kier molecular flexibility index (Phi) is 4.48. The molecule has 122 valence electrons. The van der Waals surface area contributed by atoms with Gasteiger partial charge in [0.25, 0.3) is 5.56 Å². The van der Waals surface area contributed by atoms with Gasteiger partial charge in [0.2, 0.25) is 0 Å². The van der Waals surface area contributed by atoms with E-state index in [1.165, 1.54) is 16.8 Å². The molecule has 0 aliphatic carbocycles. The van der Waals surface area contributed by atoms with Crippen LogP contribution in [0.2, 0.25) is 5.02 Å². The van der Waals surface area contributed by atoms with Crippen LogP contribution in [0.25, 0.3) is 5.65 Å². The van der Waals surface area contributed by atoms with Gasteiger partial charge in [-0.2, -0.15) is 0 Å². The van der Waals surface area contributed by atoms with E-state index in [-0.39, 0.29) is 12.3 Å². The number of amides is 1. The van der Waals surface area contributed by atoms with Gasteiger partial charge in [-0.25, -0.2) is 9.78 Å². The van der Waals surface area contributed by atoms with Crippen molar-refractivity contribution >= 4 is 29.0 Å². The molecule has 0 fully saturated rings. The number of aryl methyl sites for hydroxylation is 1. The quantitative estimate of drug-likeness (QED) is 0.791. The van der Waals surface area contributed by atoms with Crippen molar-refractivity contribution in [3.63, 3.8) is 0 Å². The molecule has 24 heavy (non-hydrogen) atoms. The van der Waals surface area contributed by atoms with Gasteiger partial charge in [-0.3, -0.25) is 14.5 Å². The van der Waals surface area contributed by atoms with E-state index in [0.717, 1.165) is 11.1 Å². The molecule has 6 nitrogen and oxygen atoms in total. The molecule has 1 amide bonds. The van der Waals surface area contributed by atoms with E-state index < -0.39 is 11.7 Å². The molecular formula is C17H14ClN3O3. The molecule has 0 aliphatic heterocycles. The standard InChI is InChI=1S/C17H14ClN3O3/c1-11-7-13(18)9-21-15(11)19-8-14(16(21)22)20-17(23)24-10-12-5-3-2-4-6-12/h2-9H,10H2,1H3,(H,20,23). The first-order valence-corrected chi connectivity index (χ1v) is 7.57. The van der Waals surface area contributed by atoms with Crippen molar-refractivity contribution in [1.82, 2.24) is 9.38 Å². The van der Waals surface area contributed by atoms with E-state index in [2.05, 4.69) is 10.3 Å². The molecule has 2 aromatic heterocycles. The summed E-state index contributed by atoms with van der Waals surface area (Å²) in [6, 6.07) is 11.0. The zero-order valence-electron chi connectivity index (χ0n) is 12.8. The second-order valence-electron chi connectivity index (χ2n) is 5.20. The number of anilines is 1. The summed E-state index contributed by atoms with van der Waals surface area (Å²) in [6.45, 7) is 1.91. The van der Waals surface area contributed by atoms with Gasteiger partial charge in [0.1, 0.15) is 17.9 Å². The molecule has 0 saturated heterocycles. The van der Waals surface area contributed by atoms with Crippen LogP contribution >= 0.6 is 11.6 Å². The molecule has 0 unspecified atom stereocenters. The molecular weight excluding hydrogens is 330 g/mol. The van der Waals surface area contributed by atoms with Crippen LogP contribution in [0.4, 0.5) is 10.5 Å². The van der Waals surface area contributed by atoms with Crippen molar-refractivity contribution in [2.45, 2.75) is 13.5 Å². The highest BCUT2D eigenvalue weighted by Gasteiger charge is 2.11. The average molecular weight is 344 g/mol. The molecule has 3 rings (SSSR count). The molecule has 3 aromatic rings. The first-order chi connectivity index (χ1) is 11.5. The number of halogens is 1. The van der Waals surface area contributed by atoms with Crippen LogP contribution in [0.3, 0.4) is 0 Å². The predicted octanol–water partition coefficient (Wildman–Crippen LogP) is 3.41. The first-order valence-electron chi connectivity index (χ1n) is 7.20. The van der Waals surface area contributed by atoms with Crippen molar-refractivity contribution in [2.75, 3.05) is 5.32 Å². The van der Waals surface area contributed by atoms with Crippen molar-refractivity contribution in [3.8, 4) is 0 Å². The number of benzene rings is 1. The minimum absolute atomic E-state index is 0.0206. The number of hydrogen-bond acceptors (Lipinski definition) is 4. The largest absolute Gasteiger partial charge is 0.444 e. The minimum Gasteiger partial charge on any atom is -0.444 e. The highest BCUT2D eigenvalue weighted by atomic mass is 35.5. The number of rotatable bonds is 3. The Hall–Kier alpha value is -2.86. The number of hydrogen-bond donors (Lipinski definition) is 1. The van der Waals surface area contributed by atoms with Crippen LogP contribution in [0.5, 0.6) is 0 Å². The highest BCUT2D eigenvalue weighted by Crippen LogP contribution is 2.14. The lowest BCUT2D eigenvalue weighted by Crippen LogP contribution is -2.24. The fraction of sp³-hybridized carbons (Fsp3) is 0.118. The van der Waals surface area contributed by atoms with Crippen LogP contribution < -0.4 is 10.9 Å². The van der Waals surface area contributed by atoms with E-state index >= 15 is 0 Å². The van der Waals surface area contributed by atoms with Crippen LogP contribution in [-0.2, 0) is 11.3 Å².